The molecule has 1 aromatic rings. The zero-order chi connectivity index (χ0) is 20.3. The number of piperidine rings is 1. The van der Waals surface area contributed by atoms with Gasteiger partial charge in [0.05, 0.1) is 11.1 Å². The lowest BCUT2D eigenvalue weighted by Crippen LogP contribution is -2.54. The van der Waals surface area contributed by atoms with Crippen LogP contribution in [0.3, 0.4) is 0 Å². The average molecular weight is 385 g/mol. The summed E-state index contributed by atoms with van der Waals surface area (Å²) in [5.41, 5.74) is 0.993. The second-order valence-corrected chi connectivity index (χ2v) is 6.66. The van der Waals surface area contributed by atoms with Crippen LogP contribution in [-0.2, 0) is 25.7 Å². The van der Waals surface area contributed by atoms with E-state index in [1.165, 1.54) is 12.1 Å². The summed E-state index contributed by atoms with van der Waals surface area (Å²) in [6.45, 7) is 0.174. The summed E-state index contributed by atoms with van der Waals surface area (Å²) in [7, 11) is 0. The van der Waals surface area contributed by atoms with Crippen LogP contribution in [0, 0.1) is 0 Å². The van der Waals surface area contributed by atoms with Crippen LogP contribution in [0.5, 0.6) is 0 Å². The maximum absolute atomic E-state index is 12.7. The van der Waals surface area contributed by atoms with Gasteiger partial charge in [-0.15, -0.1) is 0 Å². The van der Waals surface area contributed by atoms with E-state index >= 15 is 0 Å². The molecule has 0 saturated carbocycles. The molecule has 9 nitrogen and oxygen atoms in total. The van der Waals surface area contributed by atoms with Crippen molar-refractivity contribution in [3.8, 4) is 0 Å². The maximum Gasteiger partial charge on any atom is 0.262 e. The van der Waals surface area contributed by atoms with Crippen LogP contribution in [0.15, 0.2) is 18.2 Å². The van der Waals surface area contributed by atoms with E-state index in [1.807, 2.05) is 0 Å². The van der Waals surface area contributed by atoms with Gasteiger partial charge in [0.25, 0.3) is 11.8 Å². The number of aldehydes is 1. The van der Waals surface area contributed by atoms with Crippen molar-refractivity contribution in [2.75, 3.05) is 0 Å². The van der Waals surface area contributed by atoms with Gasteiger partial charge in [0.1, 0.15) is 12.3 Å². The van der Waals surface area contributed by atoms with Gasteiger partial charge >= 0.3 is 0 Å². The first-order valence-corrected chi connectivity index (χ1v) is 8.97. The Morgan fingerprint density at radius 1 is 1.18 bits per heavy atom. The van der Waals surface area contributed by atoms with E-state index in [0.717, 1.165) is 11.2 Å². The smallest absolute Gasteiger partial charge is 0.262 e. The zero-order valence-electron chi connectivity index (χ0n) is 15.0. The predicted octanol–water partition coefficient (Wildman–Crippen LogP) is 0.0732. The van der Waals surface area contributed by atoms with Crippen molar-refractivity contribution in [1.29, 1.82) is 0 Å². The fourth-order valence-corrected chi connectivity index (χ4v) is 3.26. The monoisotopic (exact) mass is 385 g/mol. The molecule has 2 aliphatic rings. The van der Waals surface area contributed by atoms with Gasteiger partial charge in [0.15, 0.2) is 0 Å². The van der Waals surface area contributed by atoms with Crippen LogP contribution in [0.2, 0.25) is 0 Å². The lowest BCUT2D eigenvalue weighted by molar-refractivity contribution is -0.136. The number of benzene rings is 1. The molecule has 0 bridgehead atoms. The highest BCUT2D eigenvalue weighted by atomic mass is 16.2. The third-order valence-electron chi connectivity index (χ3n) is 4.72. The van der Waals surface area contributed by atoms with Crippen LogP contribution in [0.4, 0.5) is 0 Å². The third-order valence-corrected chi connectivity index (χ3v) is 4.72. The van der Waals surface area contributed by atoms with Crippen molar-refractivity contribution in [2.45, 2.75) is 44.7 Å². The first kappa shape index (κ1) is 19.4. The molecule has 3 rings (SSSR count). The van der Waals surface area contributed by atoms with Crippen molar-refractivity contribution >= 4 is 35.8 Å². The summed E-state index contributed by atoms with van der Waals surface area (Å²) >= 11 is 0. The molecule has 28 heavy (non-hydrogen) atoms. The van der Waals surface area contributed by atoms with Crippen molar-refractivity contribution in [3.63, 3.8) is 0 Å². The molecule has 1 aromatic carbocycles. The number of carbonyl (C=O) groups excluding carboxylic acids is 6. The Bertz CT molecular complexity index is 878. The Morgan fingerprint density at radius 3 is 2.64 bits per heavy atom. The molecule has 0 spiro atoms. The standard InChI is InChI=1S/C19H19N3O6/c23-8-2-1-3-15(24)20-10-11-4-5-12-13(9-11)19(28)22(18(12)27)14-6-7-16(25)21-17(14)26/h4-5,8-9,14H,1-3,6-7,10H2,(H,20,24)(H,21,25,26). The molecule has 2 heterocycles. The summed E-state index contributed by atoms with van der Waals surface area (Å²) in [6.07, 6.45) is 1.92. The molecule has 1 atom stereocenters. The van der Waals surface area contributed by atoms with Crippen LogP contribution < -0.4 is 10.6 Å². The van der Waals surface area contributed by atoms with E-state index in [2.05, 4.69) is 10.6 Å². The molecule has 5 amide bonds. The second-order valence-electron chi connectivity index (χ2n) is 6.66. The largest absolute Gasteiger partial charge is 0.352 e. The number of carbonyl (C=O) groups is 6. The first-order valence-electron chi connectivity index (χ1n) is 8.97. The molecule has 1 saturated heterocycles. The predicted molar refractivity (Wildman–Crippen MR) is 94.9 cm³/mol. The number of nitrogens with one attached hydrogen (secondary N) is 2. The highest BCUT2D eigenvalue weighted by molar-refractivity contribution is 6.23. The highest BCUT2D eigenvalue weighted by Crippen LogP contribution is 2.28. The summed E-state index contributed by atoms with van der Waals surface area (Å²) in [5.74, 6) is -2.46. The molecular formula is C19H19N3O6. The summed E-state index contributed by atoms with van der Waals surface area (Å²) in [4.78, 5) is 71.6. The Balaban J connectivity index is 1.69. The van der Waals surface area contributed by atoms with Crippen LogP contribution in [0.25, 0.3) is 0 Å². The molecule has 1 unspecified atom stereocenters. The van der Waals surface area contributed by atoms with Gasteiger partial charge in [-0.2, -0.15) is 0 Å². The molecular weight excluding hydrogens is 366 g/mol. The third kappa shape index (κ3) is 3.83. The van der Waals surface area contributed by atoms with E-state index in [-0.39, 0.29) is 42.8 Å². The number of imide groups is 2. The number of fused-ring (bicyclic) bond motifs is 1. The highest BCUT2D eigenvalue weighted by Gasteiger charge is 2.44. The van der Waals surface area contributed by atoms with Gasteiger partial charge in [-0.1, -0.05) is 6.07 Å². The van der Waals surface area contributed by atoms with Gasteiger partial charge < -0.3 is 10.1 Å². The topological polar surface area (TPSA) is 130 Å². The molecule has 0 aromatic heterocycles. The van der Waals surface area contributed by atoms with E-state index in [1.54, 1.807) is 6.07 Å². The van der Waals surface area contributed by atoms with Gasteiger partial charge in [0, 0.05) is 25.8 Å². The maximum atomic E-state index is 12.7. The fourth-order valence-electron chi connectivity index (χ4n) is 3.26. The Hall–Kier alpha value is -3.36. The van der Waals surface area contributed by atoms with Crippen molar-refractivity contribution in [2.24, 2.45) is 0 Å². The van der Waals surface area contributed by atoms with Crippen LogP contribution in [0.1, 0.15) is 58.4 Å². The number of amides is 5. The number of hydrogen-bond acceptors (Lipinski definition) is 6. The van der Waals surface area contributed by atoms with Gasteiger partial charge in [-0.05, 0) is 30.5 Å². The fraction of sp³-hybridized carbons (Fsp3) is 0.368. The minimum absolute atomic E-state index is 0.0607. The first-order chi connectivity index (χ1) is 13.4. The minimum Gasteiger partial charge on any atom is -0.352 e. The van der Waals surface area contributed by atoms with Crippen molar-refractivity contribution < 1.29 is 28.8 Å². The van der Waals surface area contributed by atoms with Crippen LogP contribution >= 0.6 is 0 Å². The Morgan fingerprint density at radius 2 is 1.93 bits per heavy atom. The van der Waals surface area contributed by atoms with Crippen LogP contribution in [-0.4, -0.2) is 46.8 Å². The van der Waals surface area contributed by atoms with Gasteiger partial charge in [0.2, 0.25) is 17.7 Å². The van der Waals surface area contributed by atoms with Gasteiger partial charge in [-0.3, -0.25) is 34.2 Å². The lowest BCUT2D eigenvalue weighted by Gasteiger charge is -2.27. The second kappa shape index (κ2) is 8.12. The molecule has 146 valence electrons. The minimum atomic E-state index is -1.01. The van der Waals surface area contributed by atoms with Gasteiger partial charge in [-0.25, -0.2) is 0 Å². The SMILES string of the molecule is O=CCCCC(=O)NCc1ccc2c(c1)C(=O)N(C1CCC(=O)NC1=O)C2=O. The molecule has 0 radical (unpaired) electrons. The summed E-state index contributed by atoms with van der Waals surface area (Å²) in [6, 6.07) is 3.64. The van der Waals surface area contributed by atoms with E-state index in [0.29, 0.717) is 18.4 Å². The Labute approximate surface area is 160 Å². The quantitative estimate of drug-likeness (QED) is 0.388. The van der Waals surface area contributed by atoms with E-state index in [9.17, 15) is 28.8 Å². The number of rotatable bonds is 7. The van der Waals surface area contributed by atoms with E-state index in [4.69, 9.17) is 0 Å². The van der Waals surface area contributed by atoms with Crippen molar-refractivity contribution in [3.05, 3.63) is 34.9 Å². The Kier molecular flexibility index (Phi) is 5.62. The number of unbranched alkanes of at least 4 members (excludes halogenated alkanes) is 1. The lowest BCUT2D eigenvalue weighted by atomic mass is 10.0. The molecule has 9 heteroatoms. The summed E-state index contributed by atoms with van der Waals surface area (Å²) < 4.78 is 0. The summed E-state index contributed by atoms with van der Waals surface area (Å²) in [5, 5.41) is 4.84. The zero-order valence-corrected chi connectivity index (χ0v) is 15.0. The normalized spacial score (nSPS) is 18.7. The van der Waals surface area contributed by atoms with Crippen molar-refractivity contribution in [1.82, 2.24) is 15.5 Å². The van der Waals surface area contributed by atoms with E-state index < -0.39 is 29.7 Å². The average Bonchev–Trinajstić information content (AvgIpc) is 2.91. The molecule has 2 aliphatic heterocycles. The molecule has 1 fully saturated rings. The molecule has 0 aliphatic carbocycles. The molecule has 2 N–H and O–H groups in total. The number of hydrogen-bond donors (Lipinski definition) is 2. The number of nitrogens with zero attached hydrogens (tertiary/aromatic N) is 1.